The Morgan fingerprint density at radius 1 is 1.25 bits per heavy atom. The Kier molecular flexibility index (Phi) is 5.96. The third-order valence-electron chi connectivity index (χ3n) is 2.27. The lowest BCUT2D eigenvalue weighted by molar-refractivity contribution is 0.0950. The molecule has 0 aliphatic rings. The van der Waals surface area contributed by atoms with Crippen LogP contribution in [0.3, 0.4) is 0 Å². The van der Waals surface area contributed by atoms with Crippen LogP contribution in [0.1, 0.15) is 29.6 Å². The predicted molar refractivity (Wildman–Crippen MR) is 67.0 cm³/mol. The molecule has 0 unspecified atom stereocenters. The van der Waals surface area contributed by atoms with Gasteiger partial charge < -0.3 is 10.4 Å². The first-order chi connectivity index (χ1) is 7.75. The van der Waals surface area contributed by atoms with Gasteiger partial charge in [-0.15, -0.1) is 12.6 Å². The number of aliphatic hydroxyl groups is 1. The Bertz CT molecular complexity index is 342. The molecule has 0 radical (unpaired) electrons. The number of aliphatic hydroxyl groups excluding tert-OH is 1. The lowest BCUT2D eigenvalue weighted by atomic mass is 10.2. The summed E-state index contributed by atoms with van der Waals surface area (Å²) in [4.78, 5) is 12.4. The number of unbranched alkanes of at least 4 members (excludes halogenated alkanes) is 2. The van der Waals surface area contributed by atoms with Crippen LogP contribution < -0.4 is 5.32 Å². The molecule has 0 fully saturated rings. The van der Waals surface area contributed by atoms with Gasteiger partial charge in [0.2, 0.25) is 0 Å². The number of carbonyl (C=O) groups is 1. The zero-order valence-electron chi connectivity index (χ0n) is 9.15. The number of amides is 1. The van der Waals surface area contributed by atoms with Crippen molar-refractivity contribution in [2.45, 2.75) is 24.2 Å². The van der Waals surface area contributed by atoms with Crippen LogP contribution in [0.25, 0.3) is 0 Å². The fourth-order valence-corrected chi connectivity index (χ4v) is 1.64. The molecule has 0 aliphatic heterocycles. The number of thiol groups is 1. The fraction of sp³-hybridized carbons (Fsp3) is 0.417. The number of benzene rings is 1. The minimum Gasteiger partial charge on any atom is -0.396 e. The van der Waals surface area contributed by atoms with Gasteiger partial charge in [0.1, 0.15) is 0 Å². The SMILES string of the molecule is O=C(NCCCCCO)c1ccccc1S. The minimum absolute atomic E-state index is 0.0883. The van der Waals surface area contributed by atoms with Crippen LogP contribution in [0, 0.1) is 0 Å². The molecule has 1 rings (SSSR count). The van der Waals surface area contributed by atoms with E-state index in [0.717, 1.165) is 19.3 Å². The van der Waals surface area contributed by atoms with Gasteiger partial charge in [-0.25, -0.2) is 0 Å². The van der Waals surface area contributed by atoms with E-state index in [2.05, 4.69) is 17.9 Å². The van der Waals surface area contributed by atoms with E-state index in [-0.39, 0.29) is 12.5 Å². The highest BCUT2D eigenvalue weighted by molar-refractivity contribution is 7.80. The van der Waals surface area contributed by atoms with E-state index in [1.54, 1.807) is 12.1 Å². The summed E-state index contributed by atoms with van der Waals surface area (Å²) in [7, 11) is 0. The van der Waals surface area contributed by atoms with Crippen LogP contribution in [0.15, 0.2) is 29.2 Å². The largest absolute Gasteiger partial charge is 0.396 e. The molecule has 0 aliphatic carbocycles. The first-order valence-corrected chi connectivity index (χ1v) is 5.87. The van der Waals surface area contributed by atoms with Crippen molar-refractivity contribution in [1.29, 1.82) is 0 Å². The van der Waals surface area contributed by atoms with Crippen molar-refractivity contribution in [3.63, 3.8) is 0 Å². The molecule has 4 heteroatoms. The second-order valence-corrected chi connectivity index (χ2v) is 4.04. The van der Waals surface area contributed by atoms with E-state index in [0.29, 0.717) is 17.0 Å². The smallest absolute Gasteiger partial charge is 0.252 e. The number of hydrogen-bond acceptors (Lipinski definition) is 3. The second-order valence-electron chi connectivity index (χ2n) is 3.56. The van der Waals surface area contributed by atoms with Crippen LogP contribution in [-0.2, 0) is 0 Å². The zero-order valence-corrected chi connectivity index (χ0v) is 10.0. The van der Waals surface area contributed by atoms with Crippen molar-refractivity contribution in [3.8, 4) is 0 Å². The molecule has 1 aromatic rings. The van der Waals surface area contributed by atoms with Crippen molar-refractivity contribution in [2.75, 3.05) is 13.2 Å². The summed E-state index contributed by atoms with van der Waals surface area (Å²) in [5, 5.41) is 11.4. The number of carbonyl (C=O) groups excluding carboxylic acids is 1. The van der Waals surface area contributed by atoms with Gasteiger partial charge in [0.15, 0.2) is 0 Å². The Labute approximate surface area is 101 Å². The summed E-state index contributed by atoms with van der Waals surface area (Å²) in [6, 6.07) is 7.22. The maximum absolute atomic E-state index is 11.7. The van der Waals surface area contributed by atoms with Crippen LogP contribution in [0.2, 0.25) is 0 Å². The molecule has 0 heterocycles. The topological polar surface area (TPSA) is 49.3 Å². The first kappa shape index (κ1) is 13.1. The molecule has 0 atom stereocenters. The summed E-state index contributed by atoms with van der Waals surface area (Å²) in [5.41, 5.74) is 0.605. The average Bonchev–Trinajstić information content (AvgIpc) is 2.29. The molecule has 0 saturated heterocycles. The number of nitrogens with one attached hydrogen (secondary N) is 1. The first-order valence-electron chi connectivity index (χ1n) is 5.42. The highest BCUT2D eigenvalue weighted by Gasteiger charge is 2.06. The third-order valence-corrected chi connectivity index (χ3v) is 2.66. The van der Waals surface area contributed by atoms with Gasteiger partial charge in [0, 0.05) is 18.0 Å². The molecule has 0 spiro atoms. The summed E-state index contributed by atoms with van der Waals surface area (Å²) in [6.07, 6.45) is 2.61. The zero-order chi connectivity index (χ0) is 11.8. The maximum atomic E-state index is 11.7. The molecule has 2 N–H and O–H groups in total. The van der Waals surface area contributed by atoms with E-state index in [4.69, 9.17) is 5.11 Å². The third kappa shape index (κ3) is 4.24. The van der Waals surface area contributed by atoms with Crippen molar-refractivity contribution in [1.82, 2.24) is 5.32 Å². The number of hydrogen-bond donors (Lipinski definition) is 3. The molecular weight excluding hydrogens is 222 g/mol. The average molecular weight is 239 g/mol. The highest BCUT2D eigenvalue weighted by atomic mass is 32.1. The molecule has 1 aromatic carbocycles. The molecule has 1 amide bonds. The van der Waals surface area contributed by atoms with Gasteiger partial charge in [-0.3, -0.25) is 4.79 Å². The predicted octanol–water partition coefficient (Wildman–Crippen LogP) is 1.87. The lowest BCUT2D eigenvalue weighted by Crippen LogP contribution is -2.24. The van der Waals surface area contributed by atoms with Crippen LogP contribution in [0.5, 0.6) is 0 Å². The van der Waals surface area contributed by atoms with Gasteiger partial charge in [0.05, 0.1) is 5.56 Å². The number of rotatable bonds is 6. The summed E-state index contributed by atoms with van der Waals surface area (Å²) >= 11 is 4.22. The minimum atomic E-state index is -0.0883. The van der Waals surface area contributed by atoms with Crippen molar-refractivity contribution >= 4 is 18.5 Å². The summed E-state index contributed by atoms with van der Waals surface area (Å²) in [5.74, 6) is -0.0883. The second kappa shape index (κ2) is 7.30. The molecular formula is C12H17NO2S. The van der Waals surface area contributed by atoms with Crippen molar-refractivity contribution < 1.29 is 9.90 Å². The Morgan fingerprint density at radius 3 is 2.69 bits per heavy atom. The van der Waals surface area contributed by atoms with E-state index in [9.17, 15) is 4.79 Å². The van der Waals surface area contributed by atoms with Gasteiger partial charge in [-0.1, -0.05) is 12.1 Å². The van der Waals surface area contributed by atoms with E-state index < -0.39 is 0 Å². The monoisotopic (exact) mass is 239 g/mol. The Balaban J connectivity index is 2.33. The quantitative estimate of drug-likeness (QED) is 0.524. The van der Waals surface area contributed by atoms with Crippen LogP contribution >= 0.6 is 12.6 Å². The molecule has 0 aromatic heterocycles. The lowest BCUT2D eigenvalue weighted by Gasteiger charge is -2.06. The maximum Gasteiger partial charge on any atom is 0.252 e. The standard InChI is InChI=1S/C12H17NO2S/c14-9-5-1-4-8-13-12(15)10-6-2-3-7-11(10)16/h2-3,6-7,14,16H,1,4-5,8-9H2,(H,13,15). The molecule has 0 bridgehead atoms. The molecule has 16 heavy (non-hydrogen) atoms. The van der Waals surface area contributed by atoms with Gasteiger partial charge in [0.25, 0.3) is 5.91 Å². The van der Waals surface area contributed by atoms with Crippen LogP contribution in [0.4, 0.5) is 0 Å². The Hall–Kier alpha value is -1.00. The van der Waals surface area contributed by atoms with Crippen LogP contribution in [-0.4, -0.2) is 24.2 Å². The normalized spacial score (nSPS) is 10.1. The van der Waals surface area contributed by atoms with Crippen molar-refractivity contribution in [3.05, 3.63) is 29.8 Å². The summed E-state index contributed by atoms with van der Waals surface area (Å²) in [6.45, 7) is 0.856. The van der Waals surface area contributed by atoms with E-state index in [1.165, 1.54) is 0 Å². The molecule has 0 saturated carbocycles. The Morgan fingerprint density at radius 2 is 2.00 bits per heavy atom. The van der Waals surface area contributed by atoms with Gasteiger partial charge >= 0.3 is 0 Å². The van der Waals surface area contributed by atoms with Crippen molar-refractivity contribution in [2.24, 2.45) is 0 Å². The van der Waals surface area contributed by atoms with E-state index >= 15 is 0 Å². The van der Waals surface area contributed by atoms with Gasteiger partial charge in [-0.2, -0.15) is 0 Å². The fourth-order valence-electron chi connectivity index (χ4n) is 1.38. The van der Waals surface area contributed by atoms with E-state index in [1.807, 2.05) is 12.1 Å². The molecule has 88 valence electrons. The summed E-state index contributed by atoms with van der Waals surface area (Å²) < 4.78 is 0. The molecule has 3 nitrogen and oxygen atoms in total. The van der Waals surface area contributed by atoms with Gasteiger partial charge in [-0.05, 0) is 31.4 Å². The highest BCUT2D eigenvalue weighted by Crippen LogP contribution is 2.12.